The van der Waals surface area contributed by atoms with Crippen molar-refractivity contribution in [1.29, 1.82) is 0 Å². The van der Waals surface area contributed by atoms with Gasteiger partial charge in [-0.2, -0.15) is 0 Å². The summed E-state index contributed by atoms with van der Waals surface area (Å²) in [5.74, 6) is 1.83. The second-order valence-electron chi connectivity index (χ2n) is 4.52. The summed E-state index contributed by atoms with van der Waals surface area (Å²) in [6, 6.07) is 13.8. The van der Waals surface area contributed by atoms with Crippen molar-refractivity contribution in [3.8, 4) is 5.75 Å². The molecule has 2 heterocycles. The first kappa shape index (κ1) is 12.0. The van der Waals surface area contributed by atoms with E-state index in [0.29, 0.717) is 12.3 Å². The highest BCUT2D eigenvalue weighted by Gasteiger charge is 2.16. The van der Waals surface area contributed by atoms with Crippen LogP contribution in [0.3, 0.4) is 0 Å². The molecule has 0 aliphatic carbocycles. The summed E-state index contributed by atoms with van der Waals surface area (Å²) < 4.78 is 5.74. The Labute approximate surface area is 112 Å². The molecule has 4 nitrogen and oxygen atoms in total. The molecule has 4 heteroatoms. The van der Waals surface area contributed by atoms with Crippen LogP contribution in [0.4, 0.5) is 5.82 Å². The molecule has 0 saturated carbocycles. The maximum atomic E-state index is 9.17. The van der Waals surface area contributed by atoms with Crippen molar-refractivity contribution < 1.29 is 9.84 Å². The number of hydrogen-bond acceptors (Lipinski definition) is 4. The number of para-hydroxylation sites is 1. The molecule has 1 N–H and O–H groups in total. The molecular weight excluding hydrogens is 240 g/mol. The van der Waals surface area contributed by atoms with E-state index in [-0.39, 0.29) is 6.61 Å². The number of pyridine rings is 1. The summed E-state index contributed by atoms with van der Waals surface area (Å²) in [6.45, 7) is 2.17. The molecule has 1 aliphatic heterocycles. The van der Waals surface area contributed by atoms with Gasteiger partial charge in [0.15, 0.2) is 0 Å². The molecule has 3 rings (SSSR count). The highest BCUT2D eigenvalue weighted by molar-refractivity contribution is 5.44. The van der Waals surface area contributed by atoms with E-state index in [1.165, 1.54) is 0 Å². The standard InChI is InChI=1S/C15H16N2O2/c18-11-13-5-3-7-15(16-13)17-8-9-19-14-6-2-1-4-12(14)10-17/h1-7,18H,8-11H2. The zero-order chi connectivity index (χ0) is 13.1. The van der Waals surface area contributed by atoms with Gasteiger partial charge in [0.25, 0.3) is 0 Å². The predicted molar refractivity (Wildman–Crippen MR) is 73.1 cm³/mol. The Hall–Kier alpha value is -2.07. The highest BCUT2D eigenvalue weighted by atomic mass is 16.5. The van der Waals surface area contributed by atoms with E-state index in [2.05, 4.69) is 16.0 Å². The second kappa shape index (κ2) is 5.28. The van der Waals surface area contributed by atoms with Crippen LogP contribution in [0.5, 0.6) is 5.75 Å². The largest absolute Gasteiger partial charge is 0.491 e. The van der Waals surface area contributed by atoms with E-state index in [9.17, 15) is 0 Å². The number of aliphatic hydroxyl groups is 1. The molecule has 0 fully saturated rings. The summed E-state index contributed by atoms with van der Waals surface area (Å²) in [7, 11) is 0. The molecule has 0 spiro atoms. The van der Waals surface area contributed by atoms with E-state index < -0.39 is 0 Å². The van der Waals surface area contributed by atoms with Gasteiger partial charge in [-0.3, -0.25) is 0 Å². The molecule has 1 aromatic carbocycles. The predicted octanol–water partition coefficient (Wildman–Crippen LogP) is 1.97. The smallest absolute Gasteiger partial charge is 0.129 e. The third-order valence-corrected chi connectivity index (χ3v) is 3.23. The Morgan fingerprint density at radius 1 is 1.16 bits per heavy atom. The number of nitrogens with zero attached hydrogens (tertiary/aromatic N) is 2. The van der Waals surface area contributed by atoms with Gasteiger partial charge in [0, 0.05) is 12.1 Å². The minimum atomic E-state index is -0.0330. The molecule has 0 unspecified atom stereocenters. The number of fused-ring (bicyclic) bond motifs is 1. The van der Waals surface area contributed by atoms with Crippen molar-refractivity contribution in [1.82, 2.24) is 4.98 Å². The lowest BCUT2D eigenvalue weighted by Crippen LogP contribution is -2.26. The van der Waals surface area contributed by atoms with Crippen LogP contribution in [0.25, 0.3) is 0 Å². The maximum Gasteiger partial charge on any atom is 0.129 e. The minimum absolute atomic E-state index is 0.0330. The van der Waals surface area contributed by atoms with Crippen LogP contribution in [-0.4, -0.2) is 23.2 Å². The van der Waals surface area contributed by atoms with Gasteiger partial charge in [0.2, 0.25) is 0 Å². The van der Waals surface area contributed by atoms with E-state index in [1.807, 2.05) is 36.4 Å². The fraction of sp³-hybridized carbons (Fsp3) is 0.267. The van der Waals surface area contributed by atoms with E-state index >= 15 is 0 Å². The third kappa shape index (κ3) is 2.53. The van der Waals surface area contributed by atoms with Gasteiger partial charge < -0.3 is 14.7 Å². The first-order valence-electron chi connectivity index (χ1n) is 6.39. The van der Waals surface area contributed by atoms with Gasteiger partial charge in [-0.25, -0.2) is 4.98 Å². The van der Waals surface area contributed by atoms with E-state index in [4.69, 9.17) is 9.84 Å². The average Bonchev–Trinajstić information content (AvgIpc) is 2.69. The summed E-state index contributed by atoms with van der Waals surface area (Å²) in [6.07, 6.45) is 0. The zero-order valence-electron chi connectivity index (χ0n) is 10.6. The van der Waals surface area contributed by atoms with Crippen molar-refractivity contribution in [2.75, 3.05) is 18.1 Å². The summed E-state index contributed by atoms with van der Waals surface area (Å²) in [4.78, 5) is 6.62. The molecule has 2 aromatic rings. The Balaban J connectivity index is 1.89. The maximum absolute atomic E-state index is 9.17. The minimum Gasteiger partial charge on any atom is -0.491 e. The molecule has 1 aliphatic rings. The summed E-state index contributed by atoms with van der Waals surface area (Å²) in [5.41, 5.74) is 1.85. The number of rotatable bonds is 2. The van der Waals surface area contributed by atoms with Crippen molar-refractivity contribution in [3.05, 3.63) is 53.7 Å². The number of anilines is 1. The Morgan fingerprint density at radius 3 is 2.95 bits per heavy atom. The monoisotopic (exact) mass is 256 g/mol. The van der Waals surface area contributed by atoms with Crippen LogP contribution in [0.1, 0.15) is 11.3 Å². The van der Waals surface area contributed by atoms with E-state index in [1.54, 1.807) is 0 Å². The number of benzene rings is 1. The Morgan fingerprint density at radius 2 is 2.05 bits per heavy atom. The van der Waals surface area contributed by atoms with Crippen LogP contribution >= 0.6 is 0 Å². The zero-order valence-corrected chi connectivity index (χ0v) is 10.6. The van der Waals surface area contributed by atoms with Crippen LogP contribution in [-0.2, 0) is 13.2 Å². The topological polar surface area (TPSA) is 45.6 Å². The molecule has 0 bridgehead atoms. The van der Waals surface area contributed by atoms with Crippen LogP contribution < -0.4 is 9.64 Å². The Bertz CT molecular complexity index is 572. The number of ether oxygens (including phenoxy) is 1. The first-order chi connectivity index (χ1) is 9.36. The van der Waals surface area contributed by atoms with Gasteiger partial charge in [-0.15, -0.1) is 0 Å². The normalized spacial score (nSPS) is 14.5. The molecular formula is C15H16N2O2. The van der Waals surface area contributed by atoms with Gasteiger partial charge >= 0.3 is 0 Å². The summed E-state index contributed by atoms with van der Waals surface area (Å²) >= 11 is 0. The first-order valence-corrected chi connectivity index (χ1v) is 6.39. The number of hydrogen-bond donors (Lipinski definition) is 1. The summed E-state index contributed by atoms with van der Waals surface area (Å²) in [5, 5.41) is 9.17. The third-order valence-electron chi connectivity index (χ3n) is 3.23. The van der Waals surface area contributed by atoms with Gasteiger partial charge in [-0.1, -0.05) is 24.3 Å². The van der Waals surface area contributed by atoms with Crippen molar-refractivity contribution in [2.45, 2.75) is 13.2 Å². The van der Waals surface area contributed by atoms with Crippen molar-refractivity contribution in [3.63, 3.8) is 0 Å². The van der Waals surface area contributed by atoms with Crippen molar-refractivity contribution in [2.24, 2.45) is 0 Å². The lowest BCUT2D eigenvalue weighted by molar-refractivity contribution is 0.277. The molecule has 98 valence electrons. The van der Waals surface area contributed by atoms with Crippen LogP contribution in [0, 0.1) is 0 Å². The fourth-order valence-electron chi connectivity index (χ4n) is 2.25. The SMILES string of the molecule is OCc1cccc(N2CCOc3ccccc3C2)n1. The van der Waals surface area contributed by atoms with E-state index in [0.717, 1.165) is 30.2 Å². The Kier molecular flexibility index (Phi) is 3.33. The molecule has 1 aromatic heterocycles. The van der Waals surface area contributed by atoms with Gasteiger partial charge in [-0.05, 0) is 18.2 Å². The second-order valence-corrected chi connectivity index (χ2v) is 4.52. The molecule has 0 amide bonds. The highest BCUT2D eigenvalue weighted by Crippen LogP contribution is 2.25. The number of aliphatic hydroxyl groups excluding tert-OH is 1. The van der Waals surface area contributed by atoms with Crippen LogP contribution in [0.15, 0.2) is 42.5 Å². The molecule has 19 heavy (non-hydrogen) atoms. The molecule has 0 atom stereocenters. The van der Waals surface area contributed by atoms with Gasteiger partial charge in [0.05, 0.1) is 18.8 Å². The lowest BCUT2D eigenvalue weighted by Gasteiger charge is -2.21. The van der Waals surface area contributed by atoms with Crippen molar-refractivity contribution >= 4 is 5.82 Å². The average molecular weight is 256 g/mol. The fourth-order valence-corrected chi connectivity index (χ4v) is 2.25. The number of aromatic nitrogens is 1. The molecule has 0 radical (unpaired) electrons. The van der Waals surface area contributed by atoms with Gasteiger partial charge in [0.1, 0.15) is 18.2 Å². The lowest BCUT2D eigenvalue weighted by atomic mass is 10.2. The molecule has 0 saturated heterocycles. The quantitative estimate of drug-likeness (QED) is 0.892. The van der Waals surface area contributed by atoms with Crippen LogP contribution in [0.2, 0.25) is 0 Å².